The van der Waals surface area contributed by atoms with Crippen LogP contribution in [0.1, 0.15) is 24.0 Å². The first-order valence-electron chi connectivity index (χ1n) is 5.70. The summed E-state index contributed by atoms with van der Waals surface area (Å²) < 4.78 is 6.58. The van der Waals surface area contributed by atoms with E-state index in [4.69, 9.17) is 4.42 Å². The van der Waals surface area contributed by atoms with Crippen LogP contribution in [0.5, 0.6) is 0 Å². The molecule has 1 unspecified atom stereocenters. The van der Waals surface area contributed by atoms with Gasteiger partial charge in [-0.2, -0.15) is 0 Å². The predicted octanol–water partition coefficient (Wildman–Crippen LogP) is 3.41. The molecule has 0 bridgehead atoms. The molecule has 2 heterocycles. The van der Waals surface area contributed by atoms with E-state index in [1.165, 1.54) is 5.56 Å². The molecule has 0 saturated heterocycles. The maximum absolute atomic E-state index is 10.3. The lowest BCUT2D eigenvalue weighted by molar-refractivity contribution is 0.0333. The maximum atomic E-state index is 10.3. The number of rotatable bonds is 5. The van der Waals surface area contributed by atoms with E-state index in [9.17, 15) is 5.11 Å². The van der Waals surface area contributed by atoms with Crippen LogP contribution >= 0.6 is 27.3 Å². The number of hydrogen-bond donors (Lipinski definition) is 2. The van der Waals surface area contributed by atoms with Gasteiger partial charge in [0.1, 0.15) is 17.1 Å². The van der Waals surface area contributed by atoms with Gasteiger partial charge < -0.3 is 14.8 Å². The first kappa shape index (κ1) is 13.8. The lowest BCUT2D eigenvalue weighted by Crippen LogP contribution is -2.34. The molecule has 1 atom stereocenters. The van der Waals surface area contributed by atoms with Crippen LogP contribution in [0.3, 0.4) is 0 Å². The molecule has 0 radical (unpaired) electrons. The molecule has 0 fully saturated rings. The highest BCUT2D eigenvalue weighted by molar-refractivity contribution is 9.11. The summed E-state index contributed by atoms with van der Waals surface area (Å²) in [6.45, 7) is 4.81. The van der Waals surface area contributed by atoms with Gasteiger partial charge in [0.05, 0.1) is 3.79 Å². The van der Waals surface area contributed by atoms with Crippen LogP contribution in [-0.4, -0.2) is 11.7 Å². The summed E-state index contributed by atoms with van der Waals surface area (Å²) in [5, 5.41) is 15.6. The zero-order valence-corrected chi connectivity index (χ0v) is 12.8. The number of aryl methyl sites for hydroxylation is 1. The Morgan fingerprint density at radius 3 is 2.83 bits per heavy atom. The van der Waals surface area contributed by atoms with Crippen molar-refractivity contribution in [1.82, 2.24) is 5.32 Å². The SMILES string of the molecule is Cc1ccc(C(C)(O)CNCc2csc(Br)c2)o1. The number of aliphatic hydroxyl groups is 1. The van der Waals surface area contributed by atoms with Gasteiger partial charge in [-0.15, -0.1) is 11.3 Å². The average molecular weight is 330 g/mol. The minimum atomic E-state index is -0.985. The summed E-state index contributed by atoms with van der Waals surface area (Å²) in [4.78, 5) is 0. The maximum Gasteiger partial charge on any atom is 0.136 e. The third-order valence-electron chi connectivity index (χ3n) is 2.69. The largest absolute Gasteiger partial charge is 0.463 e. The molecule has 0 amide bonds. The van der Waals surface area contributed by atoms with Crippen LogP contribution in [-0.2, 0) is 12.1 Å². The van der Waals surface area contributed by atoms with Crippen LogP contribution in [0.15, 0.2) is 31.8 Å². The van der Waals surface area contributed by atoms with Crippen LogP contribution in [0, 0.1) is 6.92 Å². The topological polar surface area (TPSA) is 45.4 Å². The van der Waals surface area contributed by atoms with E-state index in [0.29, 0.717) is 12.3 Å². The highest BCUT2D eigenvalue weighted by Gasteiger charge is 2.26. The molecule has 18 heavy (non-hydrogen) atoms. The first-order valence-corrected chi connectivity index (χ1v) is 7.37. The van der Waals surface area contributed by atoms with Crippen LogP contribution in [0.25, 0.3) is 0 Å². The van der Waals surface area contributed by atoms with Crippen LogP contribution < -0.4 is 5.32 Å². The predicted molar refractivity (Wildman–Crippen MR) is 76.7 cm³/mol. The second-order valence-electron chi connectivity index (χ2n) is 4.55. The van der Waals surface area contributed by atoms with Gasteiger partial charge >= 0.3 is 0 Å². The molecule has 5 heteroatoms. The number of thiophene rings is 1. The lowest BCUT2D eigenvalue weighted by Gasteiger charge is -2.21. The fourth-order valence-electron chi connectivity index (χ4n) is 1.70. The zero-order chi connectivity index (χ0) is 13.2. The van der Waals surface area contributed by atoms with Gasteiger partial charge in [-0.1, -0.05) is 0 Å². The fraction of sp³-hybridized carbons (Fsp3) is 0.385. The van der Waals surface area contributed by atoms with Gasteiger partial charge in [-0.05, 0) is 58.9 Å². The van der Waals surface area contributed by atoms with Crippen molar-refractivity contribution < 1.29 is 9.52 Å². The lowest BCUT2D eigenvalue weighted by atomic mass is 10.0. The molecule has 2 aromatic rings. The Labute approximate surface area is 119 Å². The van der Waals surface area contributed by atoms with Gasteiger partial charge in [-0.25, -0.2) is 0 Å². The summed E-state index contributed by atoms with van der Waals surface area (Å²) in [5.74, 6) is 1.41. The van der Waals surface area contributed by atoms with E-state index >= 15 is 0 Å². The summed E-state index contributed by atoms with van der Waals surface area (Å²) in [7, 11) is 0. The van der Waals surface area contributed by atoms with Crippen molar-refractivity contribution in [3.8, 4) is 0 Å². The van der Waals surface area contributed by atoms with Crippen LogP contribution in [0.2, 0.25) is 0 Å². The fourth-order valence-corrected chi connectivity index (χ4v) is 2.91. The molecule has 0 aliphatic heterocycles. The minimum Gasteiger partial charge on any atom is -0.463 e. The van der Waals surface area contributed by atoms with Crippen molar-refractivity contribution in [2.24, 2.45) is 0 Å². The molecule has 0 spiro atoms. The van der Waals surface area contributed by atoms with Crippen molar-refractivity contribution in [1.29, 1.82) is 0 Å². The quantitative estimate of drug-likeness (QED) is 0.883. The van der Waals surface area contributed by atoms with Gasteiger partial charge in [0.25, 0.3) is 0 Å². The summed E-state index contributed by atoms with van der Waals surface area (Å²) >= 11 is 5.09. The average Bonchev–Trinajstić information content (AvgIpc) is 2.88. The van der Waals surface area contributed by atoms with Crippen molar-refractivity contribution in [2.45, 2.75) is 26.0 Å². The van der Waals surface area contributed by atoms with Gasteiger partial charge in [-0.3, -0.25) is 0 Å². The molecule has 2 rings (SSSR count). The minimum absolute atomic E-state index is 0.452. The number of hydrogen-bond acceptors (Lipinski definition) is 4. The standard InChI is InChI=1S/C13H16BrNO2S/c1-9-3-4-11(17-9)13(2,16)8-15-6-10-5-12(14)18-7-10/h3-5,7,15-16H,6,8H2,1-2H3. The molecule has 0 aliphatic carbocycles. The Morgan fingerprint density at radius 1 is 1.50 bits per heavy atom. The van der Waals surface area contributed by atoms with E-state index in [1.54, 1.807) is 18.3 Å². The molecule has 2 aromatic heterocycles. The Morgan fingerprint density at radius 2 is 2.28 bits per heavy atom. The third kappa shape index (κ3) is 3.45. The highest BCUT2D eigenvalue weighted by Crippen LogP contribution is 2.23. The van der Waals surface area contributed by atoms with Crippen molar-refractivity contribution >= 4 is 27.3 Å². The number of nitrogens with one attached hydrogen (secondary N) is 1. The van der Waals surface area contributed by atoms with Crippen molar-refractivity contribution in [2.75, 3.05) is 6.54 Å². The second kappa shape index (κ2) is 5.57. The Bertz CT molecular complexity index is 519. The van der Waals surface area contributed by atoms with Crippen molar-refractivity contribution in [3.63, 3.8) is 0 Å². The molecule has 0 aromatic carbocycles. The van der Waals surface area contributed by atoms with Gasteiger partial charge in [0, 0.05) is 13.1 Å². The number of furan rings is 1. The van der Waals surface area contributed by atoms with Crippen LogP contribution in [0.4, 0.5) is 0 Å². The van der Waals surface area contributed by atoms with E-state index in [1.807, 2.05) is 19.1 Å². The third-order valence-corrected chi connectivity index (χ3v) is 4.24. The van der Waals surface area contributed by atoms with E-state index in [0.717, 1.165) is 16.1 Å². The van der Waals surface area contributed by atoms with E-state index in [2.05, 4.69) is 32.7 Å². The van der Waals surface area contributed by atoms with Crippen molar-refractivity contribution in [3.05, 3.63) is 44.4 Å². The molecule has 0 saturated carbocycles. The Balaban J connectivity index is 1.89. The van der Waals surface area contributed by atoms with E-state index < -0.39 is 5.60 Å². The first-order chi connectivity index (χ1) is 8.47. The molecule has 2 N–H and O–H groups in total. The zero-order valence-electron chi connectivity index (χ0n) is 10.4. The van der Waals surface area contributed by atoms with E-state index in [-0.39, 0.29) is 0 Å². The summed E-state index contributed by atoms with van der Waals surface area (Å²) in [6.07, 6.45) is 0. The molecule has 3 nitrogen and oxygen atoms in total. The smallest absolute Gasteiger partial charge is 0.136 e. The Hall–Kier alpha value is -0.620. The second-order valence-corrected chi connectivity index (χ2v) is 6.84. The summed E-state index contributed by atoms with van der Waals surface area (Å²) in [6, 6.07) is 5.75. The van der Waals surface area contributed by atoms with Gasteiger partial charge in [0.2, 0.25) is 0 Å². The summed E-state index contributed by atoms with van der Waals surface area (Å²) in [5.41, 5.74) is 0.222. The molecular weight excluding hydrogens is 314 g/mol. The van der Waals surface area contributed by atoms with Gasteiger partial charge in [0.15, 0.2) is 0 Å². The highest BCUT2D eigenvalue weighted by atomic mass is 79.9. The molecule has 98 valence electrons. The molecule has 0 aliphatic rings. The monoisotopic (exact) mass is 329 g/mol. The normalized spacial score (nSPS) is 14.7. The number of halogens is 1. The molecular formula is C13H16BrNO2S. The Kier molecular flexibility index (Phi) is 4.27.